The summed E-state index contributed by atoms with van der Waals surface area (Å²) in [5, 5.41) is 0.0416. The minimum absolute atomic E-state index is 0.0416. The third-order valence-corrected chi connectivity index (χ3v) is 2.25. The van der Waals surface area contributed by atoms with Crippen molar-refractivity contribution in [3.8, 4) is 5.75 Å². The molecule has 0 atom stereocenters. The Morgan fingerprint density at radius 3 is 2.80 bits per heavy atom. The highest BCUT2D eigenvalue weighted by atomic mass is 19.1. The highest BCUT2D eigenvalue weighted by Crippen LogP contribution is 2.22. The third kappa shape index (κ3) is 1.48. The number of H-pyrrole nitrogens is 1. The maximum Gasteiger partial charge on any atom is 0.192 e. The molecule has 0 aliphatic carbocycles. The van der Waals surface area contributed by atoms with E-state index in [9.17, 15) is 9.18 Å². The standard InChI is InChI=1S/C11H10FNO2/c1-6-5-8(14)10-7(13-6)3-4-9(15-2)11(10)12/h3-5H,1-2H3,(H,13,14). The summed E-state index contributed by atoms with van der Waals surface area (Å²) in [6.07, 6.45) is 0. The van der Waals surface area contributed by atoms with Gasteiger partial charge >= 0.3 is 0 Å². The number of aromatic nitrogens is 1. The summed E-state index contributed by atoms with van der Waals surface area (Å²) in [6.45, 7) is 1.75. The zero-order chi connectivity index (χ0) is 11.0. The van der Waals surface area contributed by atoms with Gasteiger partial charge in [0.05, 0.1) is 18.0 Å². The zero-order valence-corrected chi connectivity index (χ0v) is 8.43. The van der Waals surface area contributed by atoms with E-state index in [1.807, 2.05) is 0 Å². The normalized spacial score (nSPS) is 10.6. The van der Waals surface area contributed by atoms with Crippen LogP contribution in [0.25, 0.3) is 10.9 Å². The maximum atomic E-state index is 13.7. The van der Waals surface area contributed by atoms with Crippen LogP contribution >= 0.6 is 0 Å². The molecule has 1 N–H and O–H groups in total. The number of rotatable bonds is 1. The van der Waals surface area contributed by atoms with Crippen LogP contribution in [0, 0.1) is 12.7 Å². The topological polar surface area (TPSA) is 42.1 Å². The lowest BCUT2D eigenvalue weighted by Gasteiger charge is -2.05. The van der Waals surface area contributed by atoms with Crippen molar-refractivity contribution in [2.75, 3.05) is 7.11 Å². The van der Waals surface area contributed by atoms with Crippen LogP contribution in [0.3, 0.4) is 0 Å². The number of nitrogens with one attached hydrogen (secondary N) is 1. The van der Waals surface area contributed by atoms with Gasteiger partial charge in [-0.05, 0) is 19.1 Å². The van der Waals surface area contributed by atoms with Gasteiger partial charge in [0, 0.05) is 11.8 Å². The first-order valence-corrected chi connectivity index (χ1v) is 4.49. The van der Waals surface area contributed by atoms with Crippen molar-refractivity contribution in [1.29, 1.82) is 0 Å². The zero-order valence-electron chi connectivity index (χ0n) is 8.43. The molecule has 1 aromatic heterocycles. The van der Waals surface area contributed by atoms with Gasteiger partial charge in [0.1, 0.15) is 0 Å². The van der Waals surface area contributed by atoms with Crippen molar-refractivity contribution in [2.24, 2.45) is 0 Å². The highest BCUT2D eigenvalue weighted by Gasteiger charge is 2.11. The second kappa shape index (κ2) is 3.38. The maximum absolute atomic E-state index is 13.7. The van der Waals surface area contributed by atoms with Crippen molar-refractivity contribution < 1.29 is 9.13 Å². The highest BCUT2D eigenvalue weighted by molar-refractivity contribution is 5.81. The molecule has 0 spiro atoms. The Labute approximate surface area is 85.5 Å². The van der Waals surface area contributed by atoms with Crippen LogP contribution in [0.2, 0.25) is 0 Å². The van der Waals surface area contributed by atoms with Crippen molar-refractivity contribution in [3.63, 3.8) is 0 Å². The number of hydrogen-bond acceptors (Lipinski definition) is 2. The quantitative estimate of drug-likeness (QED) is 0.776. The SMILES string of the molecule is COc1ccc2[nH]c(C)cc(=O)c2c1F. The Morgan fingerprint density at radius 2 is 2.13 bits per heavy atom. The molecule has 1 aromatic carbocycles. The first-order chi connectivity index (χ1) is 7.13. The fourth-order valence-electron chi connectivity index (χ4n) is 1.58. The number of halogens is 1. The molecule has 0 amide bonds. The second-order valence-corrected chi connectivity index (χ2v) is 3.32. The van der Waals surface area contributed by atoms with Gasteiger partial charge in [-0.2, -0.15) is 0 Å². The van der Waals surface area contributed by atoms with Crippen LogP contribution in [0.15, 0.2) is 23.0 Å². The van der Waals surface area contributed by atoms with E-state index in [1.54, 1.807) is 13.0 Å². The number of pyridine rings is 1. The summed E-state index contributed by atoms with van der Waals surface area (Å²) < 4.78 is 18.5. The molecule has 4 heteroatoms. The van der Waals surface area contributed by atoms with Crippen LogP contribution in [-0.2, 0) is 0 Å². The predicted molar refractivity (Wildman–Crippen MR) is 55.8 cm³/mol. The third-order valence-electron chi connectivity index (χ3n) is 2.25. The molecule has 2 aromatic rings. The predicted octanol–water partition coefficient (Wildman–Crippen LogP) is 1.98. The molecule has 0 fully saturated rings. The summed E-state index contributed by atoms with van der Waals surface area (Å²) >= 11 is 0. The molecule has 3 nitrogen and oxygen atoms in total. The van der Waals surface area contributed by atoms with E-state index >= 15 is 0 Å². The van der Waals surface area contributed by atoms with Gasteiger partial charge < -0.3 is 9.72 Å². The summed E-state index contributed by atoms with van der Waals surface area (Å²) in [6, 6.07) is 4.49. The van der Waals surface area contributed by atoms with Gasteiger partial charge in [-0.15, -0.1) is 0 Å². The van der Waals surface area contributed by atoms with Crippen LogP contribution in [-0.4, -0.2) is 12.1 Å². The van der Waals surface area contributed by atoms with E-state index in [-0.39, 0.29) is 16.6 Å². The van der Waals surface area contributed by atoms with Crippen LogP contribution < -0.4 is 10.2 Å². The average Bonchev–Trinajstić information content (AvgIpc) is 2.17. The average molecular weight is 207 g/mol. The van der Waals surface area contributed by atoms with Crippen molar-refractivity contribution >= 4 is 10.9 Å². The van der Waals surface area contributed by atoms with E-state index in [1.165, 1.54) is 19.2 Å². The summed E-state index contributed by atoms with van der Waals surface area (Å²) in [7, 11) is 1.37. The molecule has 0 saturated heterocycles. The molecule has 0 aliphatic heterocycles. The number of aryl methyl sites for hydroxylation is 1. The summed E-state index contributed by atoms with van der Waals surface area (Å²) in [5.74, 6) is -0.534. The smallest absolute Gasteiger partial charge is 0.192 e. The molecule has 0 unspecified atom stereocenters. The van der Waals surface area contributed by atoms with Gasteiger partial charge in [0.25, 0.3) is 0 Å². The molecule has 2 rings (SSSR count). The Balaban J connectivity index is 2.93. The monoisotopic (exact) mass is 207 g/mol. The summed E-state index contributed by atoms with van der Waals surface area (Å²) in [4.78, 5) is 14.5. The minimum atomic E-state index is -0.615. The molecule has 1 heterocycles. The number of aromatic amines is 1. The van der Waals surface area contributed by atoms with Crippen LogP contribution in [0.1, 0.15) is 5.69 Å². The van der Waals surface area contributed by atoms with Crippen molar-refractivity contribution in [2.45, 2.75) is 6.92 Å². The van der Waals surface area contributed by atoms with Crippen molar-refractivity contribution in [1.82, 2.24) is 4.98 Å². The lowest BCUT2D eigenvalue weighted by molar-refractivity contribution is 0.389. The molecule has 0 aliphatic rings. The van der Waals surface area contributed by atoms with Crippen LogP contribution in [0.4, 0.5) is 4.39 Å². The molecule has 0 radical (unpaired) electrons. The van der Waals surface area contributed by atoms with E-state index in [4.69, 9.17) is 4.74 Å². The van der Waals surface area contributed by atoms with Gasteiger partial charge in [-0.25, -0.2) is 4.39 Å². The molecular formula is C11H10FNO2. The Bertz CT molecular complexity index is 575. The Kier molecular flexibility index (Phi) is 2.19. The number of hydrogen-bond donors (Lipinski definition) is 1. The fraction of sp³-hybridized carbons (Fsp3) is 0.182. The van der Waals surface area contributed by atoms with Gasteiger partial charge in [-0.3, -0.25) is 4.79 Å². The minimum Gasteiger partial charge on any atom is -0.494 e. The Morgan fingerprint density at radius 1 is 1.40 bits per heavy atom. The van der Waals surface area contributed by atoms with Gasteiger partial charge in [-0.1, -0.05) is 0 Å². The van der Waals surface area contributed by atoms with Crippen molar-refractivity contribution in [3.05, 3.63) is 39.9 Å². The lowest BCUT2D eigenvalue weighted by atomic mass is 10.1. The fourth-order valence-corrected chi connectivity index (χ4v) is 1.58. The number of benzene rings is 1. The number of fused-ring (bicyclic) bond motifs is 1. The molecular weight excluding hydrogens is 197 g/mol. The largest absolute Gasteiger partial charge is 0.494 e. The second-order valence-electron chi connectivity index (χ2n) is 3.32. The lowest BCUT2D eigenvalue weighted by Crippen LogP contribution is -2.06. The molecule has 0 bridgehead atoms. The van der Waals surface area contributed by atoms with E-state index in [2.05, 4.69) is 4.98 Å². The Hall–Kier alpha value is -1.84. The molecule has 0 saturated carbocycles. The first kappa shape index (κ1) is 9.71. The molecule has 78 valence electrons. The number of methoxy groups -OCH3 is 1. The van der Waals surface area contributed by atoms with Gasteiger partial charge in [0.15, 0.2) is 17.0 Å². The summed E-state index contributed by atoms with van der Waals surface area (Å²) in [5.41, 5.74) is 0.855. The first-order valence-electron chi connectivity index (χ1n) is 4.49. The van der Waals surface area contributed by atoms with E-state index in [0.717, 1.165) is 0 Å². The van der Waals surface area contributed by atoms with E-state index < -0.39 is 5.82 Å². The van der Waals surface area contributed by atoms with Crippen LogP contribution in [0.5, 0.6) is 5.75 Å². The van der Waals surface area contributed by atoms with E-state index in [0.29, 0.717) is 11.2 Å². The van der Waals surface area contributed by atoms with Gasteiger partial charge in [0.2, 0.25) is 0 Å². The molecule has 15 heavy (non-hydrogen) atoms. The number of ether oxygens (including phenoxy) is 1.